The van der Waals surface area contributed by atoms with Crippen LogP contribution in [0.25, 0.3) is 0 Å². The van der Waals surface area contributed by atoms with E-state index in [9.17, 15) is 14.9 Å². The number of hydrogen-bond acceptors (Lipinski definition) is 9. The van der Waals surface area contributed by atoms with Crippen LogP contribution in [0.1, 0.15) is 28.8 Å². The lowest BCUT2D eigenvalue weighted by Crippen LogP contribution is -2.42. The van der Waals surface area contributed by atoms with E-state index in [-0.39, 0.29) is 23.6 Å². The average molecular weight is 494 g/mol. The van der Waals surface area contributed by atoms with Crippen LogP contribution >= 0.6 is 11.8 Å². The van der Waals surface area contributed by atoms with Crippen molar-refractivity contribution in [2.24, 2.45) is 5.73 Å². The first-order valence-electron chi connectivity index (χ1n) is 10.6. The number of esters is 1. The summed E-state index contributed by atoms with van der Waals surface area (Å²) >= 11 is 1.24. The van der Waals surface area contributed by atoms with Gasteiger partial charge in [0.25, 0.3) is 5.91 Å². The lowest BCUT2D eigenvalue weighted by atomic mass is 9.82. The van der Waals surface area contributed by atoms with Gasteiger partial charge in [-0.15, -0.1) is 0 Å². The number of ether oxygens (including phenoxy) is 4. The van der Waals surface area contributed by atoms with Gasteiger partial charge in [0.1, 0.15) is 10.9 Å². The number of nitriles is 1. The Morgan fingerprint density at radius 2 is 1.80 bits per heavy atom. The molecule has 1 atom stereocenters. The molecule has 2 N–H and O–H groups in total. The number of fused-ring (bicyclic) bond motifs is 2. The van der Waals surface area contributed by atoms with E-state index in [0.717, 1.165) is 0 Å². The van der Waals surface area contributed by atoms with Gasteiger partial charge < -0.3 is 24.7 Å². The number of amides is 1. The molecule has 10 heteroatoms. The van der Waals surface area contributed by atoms with Gasteiger partial charge in [0, 0.05) is 4.90 Å². The second-order valence-electron chi connectivity index (χ2n) is 7.48. The molecule has 1 amide bonds. The van der Waals surface area contributed by atoms with Crippen molar-refractivity contribution in [3.8, 4) is 23.3 Å². The Kier molecular flexibility index (Phi) is 6.62. The summed E-state index contributed by atoms with van der Waals surface area (Å²) in [6.07, 6.45) is 0. The molecular formula is C25H23N3O6S. The van der Waals surface area contributed by atoms with Gasteiger partial charge in [-0.05, 0) is 36.8 Å². The van der Waals surface area contributed by atoms with Crippen LogP contribution in [0.4, 0.5) is 0 Å². The smallest absolute Gasteiger partial charge is 0.338 e. The van der Waals surface area contributed by atoms with Crippen LogP contribution in [0.5, 0.6) is 17.2 Å². The van der Waals surface area contributed by atoms with E-state index < -0.39 is 17.8 Å². The number of allylic oxidation sites excluding steroid dienone is 1. The van der Waals surface area contributed by atoms with Crippen LogP contribution in [0.3, 0.4) is 0 Å². The quantitative estimate of drug-likeness (QED) is 0.602. The highest BCUT2D eigenvalue weighted by Crippen LogP contribution is 2.51. The maximum Gasteiger partial charge on any atom is 0.338 e. The molecule has 2 aromatic carbocycles. The Bertz CT molecular complexity index is 1300. The number of carbonyl (C=O) groups excluding carboxylic acids is 2. The highest BCUT2D eigenvalue weighted by atomic mass is 32.2. The lowest BCUT2D eigenvalue weighted by molar-refractivity contribution is -0.138. The van der Waals surface area contributed by atoms with Crippen LogP contribution in [-0.4, -0.2) is 44.7 Å². The first kappa shape index (κ1) is 24.0. The zero-order valence-corrected chi connectivity index (χ0v) is 20.4. The van der Waals surface area contributed by atoms with Gasteiger partial charge in [-0.25, -0.2) is 4.79 Å². The van der Waals surface area contributed by atoms with Crippen molar-refractivity contribution in [1.82, 2.24) is 4.90 Å². The zero-order valence-electron chi connectivity index (χ0n) is 19.6. The molecule has 2 aliphatic heterocycles. The molecule has 0 fully saturated rings. The Morgan fingerprint density at radius 1 is 1.14 bits per heavy atom. The molecular weight excluding hydrogens is 470 g/mol. The first-order chi connectivity index (χ1) is 16.9. The van der Waals surface area contributed by atoms with Crippen LogP contribution in [0.15, 0.2) is 63.3 Å². The van der Waals surface area contributed by atoms with Gasteiger partial charge in [-0.2, -0.15) is 5.26 Å². The molecule has 35 heavy (non-hydrogen) atoms. The summed E-state index contributed by atoms with van der Waals surface area (Å²) in [5, 5.41) is 10.6. The maximum atomic E-state index is 13.4. The van der Waals surface area contributed by atoms with Gasteiger partial charge in [0.05, 0.1) is 56.6 Å². The van der Waals surface area contributed by atoms with Gasteiger partial charge in [-0.1, -0.05) is 23.9 Å². The van der Waals surface area contributed by atoms with Crippen LogP contribution in [0, 0.1) is 11.3 Å². The molecule has 0 unspecified atom stereocenters. The number of rotatable bonds is 6. The van der Waals surface area contributed by atoms with Gasteiger partial charge in [0.15, 0.2) is 11.5 Å². The summed E-state index contributed by atoms with van der Waals surface area (Å²) in [5.74, 6) is -1.16. The average Bonchev–Trinajstić information content (AvgIpc) is 2.87. The van der Waals surface area contributed by atoms with E-state index in [2.05, 4.69) is 6.07 Å². The van der Waals surface area contributed by atoms with E-state index in [1.807, 2.05) is 6.07 Å². The van der Waals surface area contributed by atoms with Crippen molar-refractivity contribution in [2.45, 2.75) is 17.7 Å². The third-order valence-electron chi connectivity index (χ3n) is 5.69. The van der Waals surface area contributed by atoms with E-state index in [4.69, 9.17) is 24.7 Å². The predicted octanol–water partition coefficient (Wildman–Crippen LogP) is 3.53. The maximum absolute atomic E-state index is 13.4. The number of nitrogens with zero attached hydrogens (tertiary/aromatic N) is 2. The van der Waals surface area contributed by atoms with Crippen molar-refractivity contribution in [2.75, 3.05) is 27.9 Å². The lowest BCUT2D eigenvalue weighted by Gasteiger charge is -2.38. The van der Waals surface area contributed by atoms with Crippen molar-refractivity contribution >= 4 is 23.6 Å². The molecule has 0 aliphatic carbocycles. The number of carbonyl (C=O) groups is 2. The van der Waals surface area contributed by atoms with Gasteiger partial charge in [-0.3, -0.25) is 9.69 Å². The monoisotopic (exact) mass is 493 g/mol. The summed E-state index contributed by atoms with van der Waals surface area (Å²) in [7, 11) is 4.41. The normalized spacial score (nSPS) is 16.8. The van der Waals surface area contributed by atoms with Crippen molar-refractivity contribution in [1.29, 1.82) is 5.26 Å². The van der Waals surface area contributed by atoms with Gasteiger partial charge in [0.2, 0.25) is 5.75 Å². The Labute approximate surface area is 206 Å². The molecule has 0 saturated carbocycles. The Hall–Kier alpha value is -4.10. The van der Waals surface area contributed by atoms with Crippen molar-refractivity contribution in [3.05, 3.63) is 69.5 Å². The molecule has 0 bridgehead atoms. The summed E-state index contributed by atoms with van der Waals surface area (Å²) in [6, 6.07) is 12.5. The molecule has 0 aromatic heterocycles. The van der Waals surface area contributed by atoms with E-state index in [1.54, 1.807) is 37.3 Å². The second-order valence-corrected chi connectivity index (χ2v) is 8.51. The molecule has 0 spiro atoms. The number of benzene rings is 2. The molecule has 9 nitrogen and oxygen atoms in total. The molecule has 2 heterocycles. The summed E-state index contributed by atoms with van der Waals surface area (Å²) in [5.41, 5.74) is 7.56. The summed E-state index contributed by atoms with van der Waals surface area (Å²) in [6.45, 7) is 1.75. The van der Waals surface area contributed by atoms with Crippen LogP contribution in [0.2, 0.25) is 0 Å². The predicted molar refractivity (Wildman–Crippen MR) is 128 cm³/mol. The standard InChI is InChI=1S/C25H23N3O6S/c1-5-34-25(30)20-19(13-10-16(31-2)21(33-4)17(11-13)32-3)15(12-26)24-28(22(20)27)23(29)14-8-6-7-9-18(14)35-24/h6-11,19H,5,27H2,1-4H3/t19-/m0/s1. The topological polar surface area (TPSA) is 124 Å². The molecule has 0 saturated heterocycles. The van der Waals surface area contributed by atoms with E-state index in [1.165, 1.54) is 38.0 Å². The first-order valence-corrected chi connectivity index (χ1v) is 11.5. The summed E-state index contributed by atoms with van der Waals surface area (Å²) < 4.78 is 21.7. The van der Waals surface area contributed by atoms with Crippen molar-refractivity contribution < 1.29 is 28.5 Å². The minimum atomic E-state index is -0.940. The molecule has 180 valence electrons. The SMILES string of the molecule is CCOC(=O)C1=C(N)N2C(=O)c3ccccc3SC2=C(C#N)[C@@H]1c1cc(OC)c(OC)c(OC)c1. The summed E-state index contributed by atoms with van der Waals surface area (Å²) in [4.78, 5) is 28.5. The highest BCUT2D eigenvalue weighted by molar-refractivity contribution is 8.03. The third kappa shape index (κ3) is 3.84. The molecule has 2 aliphatic rings. The minimum Gasteiger partial charge on any atom is -0.493 e. The fraction of sp³-hybridized carbons (Fsp3) is 0.240. The fourth-order valence-corrected chi connectivity index (χ4v) is 5.34. The minimum absolute atomic E-state index is 0.0187. The number of nitrogens with two attached hydrogens (primary N) is 1. The third-order valence-corrected chi connectivity index (χ3v) is 6.86. The molecule has 2 aromatic rings. The van der Waals surface area contributed by atoms with Crippen LogP contribution < -0.4 is 19.9 Å². The highest BCUT2D eigenvalue weighted by Gasteiger charge is 2.45. The molecule has 4 rings (SSSR count). The number of hydrogen-bond donors (Lipinski definition) is 1. The fourth-order valence-electron chi connectivity index (χ4n) is 4.17. The second kappa shape index (κ2) is 9.64. The van der Waals surface area contributed by atoms with Gasteiger partial charge >= 0.3 is 5.97 Å². The Morgan fingerprint density at radius 3 is 2.37 bits per heavy atom. The van der Waals surface area contributed by atoms with E-state index >= 15 is 0 Å². The number of methoxy groups -OCH3 is 3. The largest absolute Gasteiger partial charge is 0.493 e. The molecule has 0 radical (unpaired) electrons. The zero-order chi connectivity index (χ0) is 25.3. The Balaban J connectivity index is 2.03. The van der Waals surface area contributed by atoms with Crippen molar-refractivity contribution in [3.63, 3.8) is 0 Å². The van der Waals surface area contributed by atoms with Crippen LogP contribution in [-0.2, 0) is 9.53 Å². The number of thioether (sulfide) groups is 1. The van der Waals surface area contributed by atoms with E-state index in [0.29, 0.717) is 38.3 Å².